The second kappa shape index (κ2) is 8.19. The fourth-order valence-electron chi connectivity index (χ4n) is 2.79. The van der Waals surface area contributed by atoms with Crippen molar-refractivity contribution in [3.63, 3.8) is 0 Å². The van der Waals surface area contributed by atoms with Crippen LogP contribution in [0, 0.1) is 0 Å². The van der Waals surface area contributed by atoms with E-state index in [9.17, 15) is 18.3 Å². The molecule has 2 aromatic heterocycles. The molecule has 156 valence electrons. The number of nitrogens with one attached hydrogen (secondary N) is 1. The number of hydrogen-bond donors (Lipinski definition) is 4. The summed E-state index contributed by atoms with van der Waals surface area (Å²) in [5.74, 6) is -2.38. The molecule has 1 aliphatic heterocycles. The zero-order chi connectivity index (χ0) is 20.6. The Hall–Kier alpha value is -1.34. The smallest absolute Gasteiger partial charge is 0.390 e. The van der Waals surface area contributed by atoms with E-state index in [1.807, 2.05) is 0 Å². The van der Waals surface area contributed by atoms with E-state index in [-0.39, 0.29) is 11.7 Å². The normalized spacial score (nSPS) is 24.2. The van der Waals surface area contributed by atoms with Gasteiger partial charge in [-0.2, -0.15) is 23.1 Å². The van der Waals surface area contributed by atoms with Gasteiger partial charge in [0, 0.05) is 13.5 Å². The lowest BCUT2D eigenvalue weighted by Gasteiger charge is -2.23. The highest BCUT2D eigenvalue weighted by atomic mass is 35.5. The van der Waals surface area contributed by atoms with Crippen molar-refractivity contribution in [3.8, 4) is 0 Å². The first kappa shape index (κ1) is 21.4. The van der Waals surface area contributed by atoms with Crippen LogP contribution in [-0.4, -0.2) is 72.3 Å². The van der Waals surface area contributed by atoms with Crippen LogP contribution in [0.15, 0.2) is 6.33 Å². The Balaban J connectivity index is 1.75. The number of ether oxygens (including phenoxy) is 2. The number of fused-ring (bicyclic) bond motifs is 1. The van der Waals surface area contributed by atoms with Gasteiger partial charge in [-0.3, -0.25) is 4.57 Å². The molecule has 1 saturated heterocycles. The molecule has 3 rings (SSSR count). The Morgan fingerprint density at radius 1 is 1.46 bits per heavy atom. The van der Waals surface area contributed by atoms with Crippen LogP contribution in [0.5, 0.6) is 0 Å². The molecule has 15 heteroatoms. The molecule has 1 aliphatic rings. The number of aromatic nitrogens is 4. The monoisotopic (exact) mass is 445 g/mol. The van der Waals surface area contributed by atoms with E-state index in [1.54, 1.807) is 7.05 Å². The van der Waals surface area contributed by atoms with Crippen LogP contribution in [0.3, 0.4) is 0 Å². The van der Waals surface area contributed by atoms with Crippen molar-refractivity contribution in [1.82, 2.24) is 19.5 Å². The standard InChI is InChI=1S/C13H16ClF3N5O5P/c1-18-9-8-10(21-12(14)20-9)22(4-19-8)7-2-5(23)6(27-7)3-26-11(28(24)25)13(15,16)17/h4-7,11,23-25H,2-3H2,1H3,(H,18,20,21)/t5-,6?,7?,11?/m0/s1. The minimum atomic E-state index is -4.96. The summed E-state index contributed by atoms with van der Waals surface area (Å²) in [7, 11) is -1.79. The molecule has 0 bridgehead atoms. The Morgan fingerprint density at radius 2 is 2.18 bits per heavy atom. The zero-order valence-corrected chi connectivity index (χ0v) is 15.9. The first-order valence-corrected chi connectivity index (χ1v) is 9.58. The molecule has 3 heterocycles. The number of aliphatic hydroxyl groups excluding tert-OH is 1. The van der Waals surface area contributed by atoms with Crippen LogP contribution in [0.2, 0.25) is 5.28 Å². The van der Waals surface area contributed by atoms with Crippen molar-refractivity contribution >= 4 is 37.0 Å². The van der Waals surface area contributed by atoms with E-state index < -0.39 is 45.4 Å². The molecular formula is C13H16ClF3N5O5P. The summed E-state index contributed by atoms with van der Waals surface area (Å²) in [6.45, 7) is -0.689. The molecule has 0 amide bonds. The average molecular weight is 446 g/mol. The van der Waals surface area contributed by atoms with Gasteiger partial charge in [0.05, 0.1) is 19.0 Å². The van der Waals surface area contributed by atoms with E-state index in [0.717, 1.165) is 0 Å². The second-order valence-corrected chi connectivity index (χ2v) is 7.34. The summed E-state index contributed by atoms with van der Waals surface area (Å²) >= 11 is 5.89. The molecule has 2 aromatic rings. The molecule has 1 fully saturated rings. The van der Waals surface area contributed by atoms with Crippen LogP contribution in [0.1, 0.15) is 12.6 Å². The molecule has 3 unspecified atom stereocenters. The molecule has 0 aromatic carbocycles. The number of rotatable bonds is 6. The van der Waals surface area contributed by atoms with E-state index in [4.69, 9.17) is 26.1 Å². The summed E-state index contributed by atoms with van der Waals surface area (Å²) in [5.41, 5.74) is 0.707. The molecular weight excluding hydrogens is 430 g/mol. The summed E-state index contributed by atoms with van der Waals surface area (Å²) < 4.78 is 49.9. The van der Waals surface area contributed by atoms with Gasteiger partial charge in [0.1, 0.15) is 12.3 Å². The summed E-state index contributed by atoms with van der Waals surface area (Å²) in [6.07, 6.45) is -6.62. The molecule has 0 aliphatic carbocycles. The number of aliphatic hydroxyl groups is 1. The maximum atomic E-state index is 12.7. The van der Waals surface area contributed by atoms with Crippen molar-refractivity contribution in [2.24, 2.45) is 0 Å². The topological polar surface area (TPSA) is 135 Å². The Bertz CT molecular complexity index is 841. The summed E-state index contributed by atoms with van der Waals surface area (Å²) in [4.78, 5) is 30.0. The van der Waals surface area contributed by atoms with Crippen molar-refractivity contribution in [1.29, 1.82) is 0 Å². The number of anilines is 1. The third kappa shape index (κ3) is 4.30. The third-order valence-electron chi connectivity index (χ3n) is 4.05. The van der Waals surface area contributed by atoms with E-state index in [1.165, 1.54) is 10.9 Å². The van der Waals surface area contributed by atoms with Crippen LogP contribution in [-0.2, 0) is 9.47 Å². The fraction of sp³-hybridized carbons (Fsp3) is 0.615. The van der Waals surface area contributed by atoms with Gasteiger partial charge in [0.2, 0.25) is 19.5 Å². The second-order valence-electron chi connectivity index (χ2n) is 5.90. The molecule has 0 spiro atoms. The molecule has 0 saturated carbocycles. The summed E-state index contributed by atoms with van der Waals surface area (Å²) in [5, 5.41) is 12.9. The SMILES string of the molecule is CNc1nc(Cl)nc2c1ncn2C1C[C@H](O)C(COC(P(O)O)C(F)(F)F)O1. The Kier molecular flexibility index (Phi) is 6.25. The van der Waals surface area contributed by atoms with Gasteiger partial charge in [0.25, 0.3) is 0 Å². The lowest BCUT2D eigenvalue weighted by Crippen LogP contribution is -2.35. The minimum absolute atomic E-state index is 0.0275. The van der Waals surface area contributed by atoms with Crippen molar-refractivity contribution in [2.45, 2.75) is 36.9 Å². The number of imidazole rings is 1. The maximum Gasteiger partial charge on any atom is 0.423 e. The Morgan fingerprint density at radius 3 is 2.79 bits per heavy atom. The van der Waals surface area contributed by atoms with Gasteiger partial charge in [-0.25, -0.2) is 4.98 Å². The molecule has 4 N–H and O–H groups in total. The predicted molar refractivity (Wildman–Crippen MR) is 91.6 cm³/mol. The molecule has 0 radical (unpaired) electrons. The van der Waals surface area contributed by atoms with Gasteiger partial charge < -0.3 is 29.7 Å². The highest BCUT2D eigenvalue weighted by molar-refractivity contribution is 7.45. The first-order chi connectivity index (χ1) is 13.1. The minimum Gasteiger partial charge on any atom is -0.390 e. The molecule has 10 nitrogen and oxygen atoms in total. The highest BCUT2D eigenvalue weighted by Gasteiger charge is 2.47. The largest absolute Gasteiger partial charge is 0.423 e. The van der Waals surface area contributed by atoms with E-state index >= 15 is 0 Å². The van der Waals surface area contributed by atoms with Crippen LogP contribution >= 0.6 is 20.0 Å². The van der Waals surface area contributed by atoms with Crippen molar-refractivity contribution in [2.75, 3.05) is 19.0 Å². The highest BCUT2D eigenvalue weighted by Crippen LogP contribution is 2.43. The van der Waals surface area contributed by atoms with Gasteiger partial charge in [-0.15, -0.1) is 0 Å². The first-order valence-electron chi connectivity index (χ1n) is 7.88. The Labute approximate surface area is 162 Å². The number of nitrogens with zero attached hydrogens (tertiary/aromatic N) is 4. The van der Waals surface area contributed by atoms with Gasteiger partial charge >= 0.3 is 6.18 Å². The number of hydrogen-bond acceptors (Lipinski definition) is 9. The van der Waals surface area contributed by atoms with Crippen molar-refractivity contribution < 1.29 is 37.5 Å². The van der Waals surface area contributed by atoms with E-state index in [0.29, 0.717) is 17.0 Å². The molecule has 4 atom stereocenters. The summed E-state index contributed by atoms with van der Waals surface area (Å²) in [6, 6.07) is 0. The lowest BCUT2D eigenvalue weighted by molar-refractivity contribution is -0.204. The lowest BCUT2D eigenvalue weighted by atomic mass is 10.2. The van der Waals surface area contributed by atoms with Gasteiger partial charge in [-0.05, 0) is 11.6 Å². The molecule has 28 heavy (non-hydrogen) atoms. The van der Waals surface area contributed by atoms with Crippen LogP contribution in [0.25, 0.3) is 11.2 Å². The predicted octanol–water partition coefficient (Wildman–Crippen LogP) is 1.37. The number of alkyl halides is 3. The maximum absolute atomic E-state index is 12.7. The van der Waals surface area contributed by atoms with Gasteiger partial charge in [-0.1, -0.05) is 0 Å². The van der Waals surface area contributed by atoms with E-state index in [2.05, 4.69) is 25.0 Å². The quantitative estimate of drug-likeness (QED) is 0.384. The van der Waals surface area contributed by atoms with Crippen LogP contribution < -0.4 is 5.32 Å². The fourth-order valence-corrected chi connectivity index (χ4v) is 3.43. The number of halogens is 4. The van der Waals surface area contributed by atoms with Gasteiger partial charge in [0.15, 0.2) is 17.0 Å². The zero-order valence-electron chi connectivity index (χ0n) is 14.2. The van der Waals surface area contributed by atoms with Crippen molar-refractivity contribution in [3.05, 3.63) is 11.6 Å². The average Bonchev–Trinajstić information content (AvgIpc) is 3.16. The van der Waals surface area contributed by atoms with Crippen LogP contribution in [0.4, 0.5) is 19.0 Å². The third-order valence-corrected chi connectivity index (χ3v) is 5.08.